The summed E-state index contributed by atoms with van der Waals surface area (Å²) in [6.45, 7) is 1.48. The number of thiophene rings is 1. The second-order valence-corrected chi connectivity index (χ2v) is 8.44. The summed E-state index contributed by atoms with van der Waals surface area (Å²) in [5.74, 6) is -1.52. The predicted molar refractivity (Wildman–Crippen MR) is 115 cm³/mol. The van der Waals surface area contributed by atoms with E-state index in [1.54, 1.807) is 18.4 Å². The van der Waals surface area contributed by atoms with E-state index in [9.17, 15) is 19.2 Å². The number of benzene rings is 1. The Balaban J connectivity index is 1.53. The van der Waals surface area contributed by atoms with Gasteiger partial charge < -0.3 is 15.4 Å². The van der Waals surface area contributed by atoms with Gasteiger partial charge in [0, 0.05) is 0 Å². The zero-order chi connectivity index (χ0) is 22.0. The van der Waals surface area contributed by atoms with Gasteiger partial charge in [0.2, 0.25) is 5.91 Å². The van der Waals surface area contributed by atoms with Crippen molar-refractivity contribution < 1.29 is 23.9 Å². The highest BCUT2D eigenvalue weighted by Crippen LogP contribution is 2.39. The molecule has 0 saturated carbocycles. The molecule has 4 rings (SSSR count). The van der Waals surface area contributed by atoms with Crippen molar-refractivity contribution in [1.29, 1.82) is 0 Å². The lowest BCUT2D eigenvalue weighted by molar-refractivity contribution is -0.134. The zero-order valence-electron chi connectivity index (χ0n) is 17.1. The van der Waals surface area contributed by atoms with Crippen LogP contribution in [0.5, 0.6) is 0 Å². The maximum absolute atomic E-state index is 13.4. The number of nitrogens with zero attached hydrogens (tertiary/aromatic N) is 1. The largest absolute Gasteiger partial charge is 0.462 e. The smallest absolute Gasteiger partial charge is 0.341 e. The van der Waals surface area contributed by atoms with Crippen LogP contribution in [0.3, 0.4) is 0 Å². The number of fused-ring (bicyclic) bond motifs is 2. The van der Waals surface area contributed by atoms with Crippen LogP contribution in [-0.4, -0.2) is 41.9 Å². The molecular formula is C22H23N3O5S. The highest BCUT2D eigenvalue weighted by Gasteiger charge is 2.53. The molecule has 1 fully saturated rings. The number of anilines is 1. The monoisotopic (exact) mass is 441 g/mol. The zero-order valence-corrected chi connectivity index (χ0v) is 17.9. The molecule has 0 bridgehead atoms. The summed E-state index contributed by atoms with van der Waals surface area (Å²) in [6, 6.07) is 8.60. The second kappa shape index (κ2) is 8.50. The molecule has 162 valence electrons. The first-order chi connectivity index (χ1) is 15.0. The molecule has 9 heteroatoms. The van der Waals surface area contributed by atoms with Crippen molar-refractivity contribution in [1.82, 2.24) is 10.2 Å². The van der Waals surface area contributed by atoms with Gasteiger partial charge in [-0.3, -0.25) is 14.5 Å². The van der Waals surface area contributed by atoms with Crippen molar-refractivity contribution in [2.75, 3.05) is 18.5 Å². The van der Waals surface area contributed by atoms with Crippen molar-refractivity contribution in [3.8, 4) is 0 Å². The van der Waals surface area contributed by atoms with Gasteiger partial charge in [0.05, 0.1) is 12.2 Å². The Morgan fingerprint density at radius 1 is 1.23 bits per heavy atom. The van der Waals surface area contributed by atoms with Gasteiger partial charge in [-0.1, -0.05) is 24.3 Å². The Labute approximate surface area is 183 Å². The van der Waals surface area contributed by atoms with Gasteiger partial charge in [-0.15, -0.1) is 11.3 Å². The Morgan fingerprint density at radius 2 is 2.03 bits per heavy atom. The number of hydrogen-bond acceptors (Lipinski definition) is 6. The minimum atomic E-state index is -1.14. The van der Waals surface area contributed by atoms with E-state index in [1.807, 2.05) is 24.3 Å². The van der Waals surface area contributed by atoms with Crippen LogP contribution in [0.2, 0.25) is 0 Å². The lowest BCUT2D eigenvalue weighted by Crippen LogP contribution is -2.44. The molecule has 1 unspecified atom stereocenters. The molecule has 1 aromatic carbocycles. The summed E-state index contributed by atoms with van der Waals surface area (Å²) in [5, 5.41) is 7.47. The molecule has 0 radical (unpaired) electrons. The Kier molecular flexibility index (Phi) is 5.77. The first-order valence-corrected chi connectivity index (χ1v) is 11.1. The van der Waals surface area contributed by atoms with Crippen molar-refractivity contribution >= 4 is 40.2 Å². The molecular weight excluding hydrogens is 418 g/mol. The number of aryl methyl sites for hydroxylation is 1. The third kappa shape index (κ3) is 3.81. The average Bonchev–Trinajstić information content (AvgIpc) is 3.23. The van der Waals surface area contributed by atoms with Crippen LogP contribution in [0.25, 0.3) is 0 Å². The fraction of sp³-hybridized carbons (Fsp3) is 0.364. The van der Waals surface area contributed by atoms with Gasteiger partial charge in [-0.2, -0.15) is 0 Å². The summed E-state index contributed by atoms with van der Waals surface area (Å²) < 4.78 is 4.98. The fourth-order valence-corrected chi connectivity index (χ4v) is 4.99. The summed E-state index contributed by atoms with van der Waals surface area (Å²) in [6.07, 6.45) is 3.05. The molecule has 1 aliphatic heterocycles. The number of rotatable bonds is 5. The SMILES string of the molecule is CCOC(=O)c1ccsc1NC(=O)CN1C(=O)NC2(CCCCc3ccccc32)C1=O. The first-order valence-electron chi connectivity index (χ1n) is 10.2. The summed E-state index contributed by atoms with van der Waals surface area (Å²) in [4.78, 5) is 51.7. The van der Waals surface area contributed by atoms with E-state index in [0.29, 0.717) is 11.4 Å². The molecule has 1 saturated heterocycles. The quantitative estimate of drug-likeness (QED) is 0.548. The second-order valence-electron chi connectivity index (χ2n) is 7.52. The van der Waals surface area contributed by atoms with Crippen LogP contribution in [-0.2, 0) is 26.3 Å². The standard InChI is InChI=1S/C22H23N3O5S/c1-2-30-19(27)15-10-12-31-18(15)23-17(26)13-25-20(28)22(24-21(25)29)11-6-5-8-14-7-3-4-9-16(14)22/h3-4,7,9-10,12H,2,5-6,8,11,13H2,1H3,(H,23,26)(H,24,29). The minimum Gasteiger partial charge on any atom is -0.462 e. The molecule has 1 aromatic heterocycles. The highest BCUT2D eigenvalue weighted by atomic mass is 32.1. The van der Waals surface area contributed by atoms with Gasteiger partial charge in [0.15, 0.2) is 0 Å². The molecule has 1 atom stereocenters. The van der Waals surface area contributed by atoms with Crippen molar-refractivity contribution in [2.45, 2.75) is 38.1 Å². The van der Waals surface area contributed by atoms with Crippen molar-refractivity contribution in [2.24, 2.45) is 0 Å². The maximum Gasteiger partial charge on any atom is 0.341 e. The molecule has 1 spiro atoms. The number of urea groups is 1. The third-order valence-corrected chi connectivity index (χ3v) is 6.45. The number of carbonyl (C=O) groups is 4. The van der Waals surface area contributed by atoms with Crippen LogP contribution >= 0.6 is 11.3 Å². The van der Waals surface area contributed by atoms with Gasteiger partial charge in [0.25, 0.3) is 5.91 Å². The molecule has 4 amide bonds. The maximum atomic E-state index is 13.4. The van der Waals surface area contributed by atoms with Gasteiger partial charge in [-0.05, 0) is 55.2 Å². The average molecular weight is 442 g/mol. The van der Waals surface area contributed by atoms with E-state index in [1.165, 1.54) is 11.3 Å². The van der Waals surface area contributed by atoms with Crippen LogP contribution in [0.15, 0.2) is 35.7 Å². The number of nitrogens with one attached hydrogen (secondary N) is 2. The number of imide groups is 1. The topological polar surface area (TPSA) is 105 Å². The fourth-order valence-electron chi connectivity index (χ4n) is 4.20. The lowest BCUT2D eigenvalue weighted by atomic mass is 9.84. The molecule has 2 aliphatic rings. The van der Waals surface area contributed by atoms with Crippen molar-refractivity contribution in [3.63, 3.8) is 0 Å². The lowest BCUT2D eigenvalue weighted by Gasteiger charge is -2.27. The normalized spacial score (nSPS) is 20.2. The van der Waals surface area contributed by atoms with Crippen molar-refractivity contribution in [3.05, 3.63) is 52.4 Å². The number of ether oxygens (including phenoxy) is 1. The highest BCUT2D eigenvalue weighted by molar-refractivity contribution is 7.14. The van der Waals surface area contributed by atoms with Crippen LogP contribution in [0.1, 0.15) is 47.7 Å². The Morgan fingerprint density at radius 3 is 2.84 bits per heavy atom. The molecule has 1 aliphatic carbocycles. The Hall–Kier alpha value is -3.20. The molecule has 2 aromatic rings. The summed E-state index contributed by atoms with van der Waals surface area (Å²) >= 11 is 1.17. The third-order valence-electron chi connectivity index (χ3n) is 5.62. The molecule has 2 N–H and O–H groups in total. The molecule has 31 heavy (non-hydrogen) atoms. The number of amides is 4. The van der Waals surface area contributed by atoms with E-state index in [4.69, 9.17) is 4.74 Å². The van der Waals surface area contributed by atoms with E-state index in [0.717, 1.165) is 35.3 Å². The molecule has 2 heterocycles. The number of hydrogen-bond donors (Lipinski definition) is 2. The van der Waals surface area contributed by atoms with Crippen LogP contribution in [0.4, 0.5) is 9.80 Å². The molecule has 8 nitrogen and oxygen atoms in total. The van der Waals surface area contributed by atoms with Gasteiger partial charge in [0.1, 0.15) is 17.1 Å². The van der Waals surface area contributed by atoms with E-state index < -0.39 is 35.9 Å². The van der Waals surface area contributed by atoms with E-state index in [2.05, 4.69) is 10.6 Å². The van der Waals surface area contributed by atoms with Crippen LogP contribution in [0, 0.1) is 0 Å². The van der Waals surface area contributed by atoms with E-state index in [-0.39, 0.29) is 12.2 Å². The minimum absolute atomic E-state index is 0.216. The number of carbonyl (C=O) groups excluding carboxylic acids is 4. The predicted octanol–water partition coefficient (Wildman–Crippen LogP) is 3.04. The van der Waals surface area contributed by atoms with E-state index >= 15 is 0 Å². The number of esters is 1. The van der Waals surface area contributed by atoms with Gasteiger partial charge in [-0.25, -0.2) is 9.59 Å². The summed E-state index contributed by atoms with van der Waals surface area (Å²) in [5.41, 5.74) is 0.949. The van der Waals surface area contributed by atoms with Gasteiger partial charge >= 0.3 is 12.0 Å². The van der Waals surface area contributed by atoms with Crippen LogP contribution < -0.4 is 10.6 Å². The summed E-state index contributed by atoms with van der Waals surface area (Å²) in [7, 11) is 0. The Bertz CT molecular complexity index is 1050. The first kappa shape index (κ1) is 21.0.